The van der Waals surface area contributed by atoms with Gasteiger partial charge in [0, 0.05) is 12.8 Å². The van der Waals surface area contributed by atoms with Crippen molar-refractivity contribution in [3.8, 4) is 0 Å². The topological polar surface area (TPSA) is 53.0 Å². The third-order valence-corrected chi connectivity index (χ3v) is 3.53. The van der Waals surface area contributed by atoms with Gasteiger partial charge in [0.2, 0.25) is 0 Å². The molecule has 0 heterocycles. The van der Waals surface area contributed by atoms with Crippen LogP contribution in [-0.4, -0.2) is 17.0 Å². The average Bonchev–Trinajstić information content (AvgIpc) is 2.02. The highest BCUT2D eigenvalue weighted by molar-refractivity contribution is 7.89. The summed E-state index contributed by atoms with van der Waals surface area (Å²) in [6.45, 7) is 2.95. The predicted octanol–water partition coefficient (Wildman–Crippen LogP) is 2.14. The molecule has 2 N–H and O–H groups in total. The molecule has 1 unspecified atom stereocenters. The Labute approximate surface area is 81.4 Å². The maximum absolute atomic E-state index is 11.1. The van der Waals surface area contributed by atoms with Crippen LogP contribution in [0.1, 0.15) is 39.0 Å². The van der Waals surface area contributed by atoms with Gasteiger partial charge < -0.3 is 0 Å². The molecule has 3 nitrogen and oxygen atoms in total. The fourth-order valence-electron chi connectivity index (χ4n) is 1.89. The van der Waals surface area contributed by atoms with E-state index in [1.807, 2.05) is 0 Å². The molecule has 0 spiro atoms. The summed E-state index contributed by atoms with van der Waals surface area (Å²) in [6, 6.07) is 0. The van der Waals surface area contributed by atoms with Gasteiger partial charge in [0.15, 0.2) is 0 Å². The van der Waals surface area contributed by atoms with Gasteiger partial charge in [-0.05, 0) is 18.3 Å². The summed E-state index contributed by atoms with van der Waals surface area (Å²) in [4.78, 5) is 0. The van der Waals surface area contributed by atoms with Crippen LogP contribution in [0, 0.1) is 10.2 Å². The van der Waals surface area contributed by atoms with Crippen LogP contribution in [0.3, 0.4) is 0 Å². The van der Waals surface area contributed by atoms with Crippen molar-refractivity contribution in [3.05, 3.63) is 0 Å². The van der Waals surface area contributed by atoms with Crippen molar-refractivity contribution < 1.29 is 4.21 Å². The lowest BCUT2D eigenvalue weighted by Gasteiger charge is -2.33. The molecule has 0 saturated heterocycles. The molecule has 0 aromatic heterocycles. The highest BCUT2D eigenvalue weighted by Gasteiger charge is 2.26. The first kappa shape index (κ1) is 11.0. The first-order valence-electron chi connectivity index (χ1n) is 4.90. The SMILES string of the molecule is CC1(CNS(C)(=N)=O)CCCCC1. The molecular formula is C9H20N2OS. The van der Waals surface area contributed by atoms with Crippen molar-refractivity contribution in [1.29, 1.82) is 4.78 Å². The van der Waals surface area contributed by atoms with Crippen molar-refractivity contribution in [3.63, 3.8) is 0 Å². The van der Waals surface area contributed by atoms with E-state index in [2.05, 4.69) is 11.6 Å². The second-order valence-corrected chi connectivity index (χ2v) is 6.51. The van der Waals surface area contributed by atoms with E-state index < -0.39 is 9.92 Å². The molecule has 0 aromatic rings. The molecular weight excluding hydrogens is 184 g/mol. The standard InChI is InChI=1S/C9H20N2OS/c1-9(6-4-3-5-7-9)8-11-13(2,10)12/h3-8H2,1-2H3,(H2,10,11,12). The fourth-order valence-corrected chi connectivity index (χ4v) is 2.52. The summed E-state index contributed by atoms with van der Waals surface area (Å²) < 4.78 is 21.2. The van der Waals surface area contributed by atoms with Crippen molar-refractivity contribution >= 4 is 9.92 Å². The molecule has 78 valence electrons. The second kappa shape index (κ2) is 3.96. The Kier molecular flexibility index (Phi) is 3.35. The monoisotopic (exact) mass is 204 g/mol. The number of hydrogen-bond donors (Lipinski definition) is 2. The summed E-state index contributed by atoms with van der Waals surface area (Å²) in [7, 11) is -2.51. The van der Waals surface area contributed by atoms with Gasteiger partial charge in [-0.1, -0.05) is 26.2 Å². The van der Waals surface area contributed by atoms with Crippen LogP contribution in [-0.2, 0) is 9.92 Å². The van der Waals surface area contributed by atoms with Crippen molar-refractivity contribution in [2.24, 2.45) is 5.41 Å². The van der Waals surface area contributed by atoms with Gasteiger partial charge in [-0.3, -0.25) is 0 Å². The van der Waals surface area contributed by atoms with Gasteiger partial charge >= 0.3 is 0 Å². The largest absolute Gasteiger partial charge is 0.241 e. The van der Waals surface area contributed by atoms with Crippen LogP contribution >= 0.6 is 0 Å². The molecule has 1 fully saturated rings. The van der Waals surface area contributed by atoms with Crippen LogP contribution in [0.15, 0.2) is 0 Å². The Bertz CT molecular complexity index is 253. The van der Waals surface area contributed by atoms with Crippen molar-refractivity contribution in [1.82, 2.24) is 4.72 Å². The van der Waals surface area contributed by atoms with Crippen molar-refractivity contribution in [2.45, 2.75) is 39.0 Å². The lowest BCUT2D eigenvalue weighted by molar-refractivity contribution is 0.220. The summed E-state index contributed by atoms with van der Waals surface area (Å²) in [6.07, 6.45) is 7.74. The van der Waals surface area contributed by atoms with Gasteiger partial charge in [-0.25, -0.2) is 13.7 Å². The summed E-state index contributed by atoms with van der Waals surface area (Å²) in [5, 5.41) is 0. The highest BCUT2D eigenvalue weighted by atomic mass is 32.2. The summed E-state index contributed by atoms with van der Waals surface area (Å²) in [5.74, 6) is 0. The Morgan fingerprint density at radius 1 is 1.38 bits per heavy atom. The number of hydrogen-bond acceptors (Lipinski definition) is 2. The van der Waals surface area contributed by atoms with Crippen molar-refractivity contribution in [2.75, 3.05) is 12.8 Å². The van der Waals surface area contributed by atoms with E-state index in [1.165, 1.54) is 38.4 Å². The van der Waals surface area contributed by atoms with Gasteiger partial charge in [-0.15, -0.1) is 0 Å². The van der Waals surface area contributed by atoms with E-state index in [4.69, 9.17) is 4.78 Å². The Morgan fingerprint density at radius 2 is 1.92 bits per heavy atom. The van der Waals surface area contributed by atoms with E-state index in [0.717, 1.165) is 6.54 Å². The van der Waals surface area contributed by atoms with Gasteiger partial charge in [0.25, 0.3) is 0 Å². The van der Waals surface area contributed by atoms with Crippen LogP contribution in [0.5, 0.6) is 0 Å². The van der Waals surface area contributed by atoms with Crippen LogP contribution in [0.25, 0.3) is 0 Å². The molecule has 0 aliphatic heterocycles. The second-order valence-electron chi connectivity index (χ2n) is 4.54. The normalized spacial score (nSPS) is 26.6. The van der Waals surface area contributed by atoms with E-state index in [0.29, 0.717) is 0 Å². The maximum Gasteiger partial charge on any atom is 0.102 e. The maximum atomic E-state index is 11.1. The van der Waals surface area contributed by atoms with E-state index >= 15 is 0 Å². The zero-order valence-corrected chi connectivity index (χ0v) is 9.38. The van der Waals surface area contributed by atoms with Gasteiger partial charge in [-0.2, -0.15) is 0 Å². The molecule has 0 amide bonds. The lowest BCUT2D eigenvalue weighted by atomic mass is 9.76. The molecule has 13 heavy (non-hydrogen) atoms. The van der Waals surface area contributed by atoms with Gasteiger partial charge in [0.05, 0.1) is 0 Å². The minimum Gasteiger partial charge on any atom is -0.241 e. The zero-order valence-electron chi connectivity index (χ0n) is 8.56. The third kappa shape index (κ3) is 4.09. The molecule has 0 aromatic carbocycles. The molecule has 0 radical (unpaired) electrons. The Morgan fingerprint density at radius 3 is 2.38 bits per heavy atom. The first-order chi connectivity index (χ1) is 5.91. The van der Waals surface area contributed by atoms with E-state index in [9.17, 15) is 4.21 Å². The molecule has 4 heteroatoms. The highest BCUT2D eigenvalue weighted by Crippen LogP contribution is 2.34. The quantitative estimate of drug-likeness (QED) is 0.727. The molecule has 1 aliphatic rings. The van der Waals surface area contributed by atoms with Crippen LogP contribution in [0.4, 0.5) is 0 Å². The van der Waals surface area contributed by atoms with E-state index in [-0.39, 0.29) is 5.41 Å². The summed E-state index contributed by atoms with van der Waals surface area (Å²) in [5.41, 5.74) is 0.276. The minimum atomic E-state index is -2.51. The molecule has 1 aliphatic carbocycles. The predicted molar refractivity (Wildman–Crippen MR) is 56.0 cm³/mol. The van der Waals surface area contributed by atoms with Crippen LogP contribution in [0.2, 0.25) is 0 Å². The average molecular weight is 204 g/mol. The minimum absolute atomic E-state index is 0.276. The third-order valence-electron chi connectivity index (χ3n) is 2.84. The van der Waals surface area contributed by atoms with E-state index in [1.54, 1.807) is 0 Å². The molecule has 0 bridgehead atoms. The van der Waals surface area contributed by atoms with Gasteiger partial charge in [0.1, 0.15) is 9.92 Å². The molecule has 1 rings (SSSR count). The lowest BCUT2D eigenvalue weighted by Crippen LogP contribution is -2.35. The Balaban J connectivity index is 2.42. The molecule has 1 atom stereocenters. The first-order valence-corrected chi connectivity index (χ1v) is 6.86. The Hall–Kier alpha value is -0.0900. The van der Waals surface area contributed by atoms with Crippen LogP contribution < -0.4 is 4.72 Å². The number of rotatable bonds is 3. The number of nitrogens with one attached hydrogen (secondary N) is 2. The zero-order chi connectivity index (χ0) is 9.95. The fraction of sp³-hybridized carbons (Fsp3) is 1.00. The summed E-state index contributed by atoms with van der Waals surface area (Å²) >= 11 is 0. The smallest absolute Gasteiger partial charge is 0.102 e. The molecule has 1 saturated carbocycles.